The standard InChI is InChI=1S/C27H39N5/c1-2-8-24-20-30-25(19-23(24)7-1)21-32(16-4-3-15-31-17-13-28-14-18-31)26-11-5-9-22-10-6-12-29-27(22)26/h1-2,6-8,10,12,25-26,28,30H,3-5,9,11,13-21H2/t25-,26+/m1/s1. The van der Waals surface area contributed by atoms with Crippen molar-refractivity contribution in [2.75, 3.05) is 45.8 Å². The molecular weight excluding hydrogens is 394 g/mol. The molecule has 0 radical (unpaired) electrons. The van der Waals surface area contributed by atoms with Gasteiger partial charge in [-0.3, -0.25) is 9.88 Å². The zero-order valence-electron chi connectivity index (χ0n) is 19.4. The lowest BCUT2D eigenvalue weighted by atomic mass is 9.89. The molecule has 5 nitrogen and oxygen atoms in total. The van der Waals surface area contributed by atoms with E-state index in [1.165, 1.54) is 80.7 Å². The van der Waals surface area contributed by atoms with E-state index in [1.807, 2.05) is 6.20 Å². The molecule has 0 amide bonds. The van der Waals surface area contributed by atoms with Crippen LogP contribution in [0.4, 0.5) is 0 Å². The molecule has 1 fully saturated rings. The number of nitrogens with one attached hydrogen (secondary N) is 2. The molecule has 2 N–H and O–H groups in total. The van der Waals surface area contributed by atoms with Gasteiger partial charge in [-0.05, 0) is 74.4 Å². The molecule has 32 heavy (non-hydrogen) atoms. The smallest absolute Gasteiger partial charge is 0.0607 e. The number of hydrogen-bond donors (Lipinski definition) is 2. The van der Waals surface area contributed by atoms with Crippen molar-refractivity contribution in [1.82, 2.24) is 25.4 Å². The first-order valence-electron chi connectivity index (χ1n) is 12.8. The molecule has 2 aromatic rings. The van der Waals surface area contributed by atoms with Crippen LogP contribution in [0.3, 0.4) is 0 Å². The first-order chi connectivity index (χ1) is 15.9. The van der Waals surface area contributed by atoms with Crippen LogP contribution in [0.25, 0.3) is 0 Å². The molecule has 5 heteroatoms. The Balaban J connectivity index is 1.25. The fourth-order valence-corrected chi connectivity index (χ4v) is 5.83. The molecule has 2 atom stereocenters. The van der Waals surface area contributed by atoms with E-state index < -0.39 is 0 Å². The highest BCUT2D eigenvalue weighted by Crippen LogP contribution is 2.33. The topological polar surface area (TPSA) is 43.4 Å². The molecule has 5 rings (SSSR count). The largest absolute Gasteiger partial charge is 0.314 e. The Morgan fingerprint density at radius 1 is 1.00 bits per heavy atom. The van der Waals surface area contributed by atoms with Crippen LogP contribution in [0.1, 0.15) is 54.1 Å². The normalized spacial score (nSPS) is 23.7. The van der Waals surface area contributed by atoms with Crippen LogP contribution in [0.2, 0.25) is 0 Å². The number of nitrogens with zero attached hydrogens (tertiary/aromatic N) is 3. The number of aryl methyl sites for hydroxylation is 1. The molecular formula is C27H39N5. The molecule has 1 saturated heterocycles. The van der Waals surface area contributed by atoms with E-state index in [0.29, 0.717) is 12.1 Å². The van der Waals surface area contributed by atoms with Crippen molar-refractivity contribution >= 4 is 0 Å². The van der Waals surface area contributed by atoms with Crippen LogP contribution in [0.15, 0.2) is 42.6 Å². The fraction of sp³-hybridized carbons (Fsp3) is 0.593. The summed E-state index contributed by atoms with van der Waals surface area (Å²) in [5.74, 6) is 0. The number of aromatic nitrogens is 1. The Morgan fingerprint density at radius 3 is 2.75 bits per heavy atom. The van der Waals surface area contributed by atoms with Crippen LogP contribution in [-0.2, 0) is 19.4 Å². The van der Waals surface area contributed by atoms with Gasteiger partial charge in [0, 0.05) is 51.5 Å². The SMILES string of the molecule is c1ccc2c(c1)CN[C@@H](CN(CCCCN1CCNCC1)[C@H]1CCCc3cccnc31)C2. The molecule has 1 aromatic heterocycles. The predicted molar refractivity (Wildman–Crippen MR) is 131 cm³/mol. The number of piperazine rings is 1. The summed E-state index contributed by atoms with van der Waals surface area (Å²) in [6.07, 6.45) is 9.40. The van der Waals surface area contributed by atoms with Gasteiger partial charge in [0.05, 0.1) is 11.7 Å². The van der Waals surface area contributed by atoms with Crippen molar-refractivity contribution in [2.45, 2.75) is 57.2 Å². The lowest BCUT2D eigenvalue weighted by Gasteiger charge is -2.38. The van der Waals surface area contributed by atoms with Crippen molar-refractivity contribution in [3.8, 4) is 0 Å². The van der Waals surface area contributed by atoms with Gasteiger partial charge >= 0.3 is 0 Å². The van der Waals surface area contributed by atoms with Gasteiger partial charge < -0.3 is 15.5 Å². The van der Waals surface area contributed by atoms with Gasteiger partial charge in [0.2, 0.25) is 0 Å². The van der Waals surface area contributed by atoms with Gasteiger partial charge in [-0.25, -0.2) is 0 Å². The summed E-state index contributed by atoms with van der Waals surface area (Å²) < 4.78 is 0. The number of fused-ring (bicyclic) bond motifs is 2. The first-order valence-corrected chi connectivity index (χ1v) is 12.8. The zero-order chi connectivity index (χ0) is 21.6. The molecule has 1 aromatic carbocycles. The second kappa shape index (κ2) is 10.9. The highest BCUT2D eigenvalue weighted by Gasteiger charge is 2.29. The molecule has 172 valence electrons. The lowest BCUT2D eigenvalue weighted by Crippen LogP contribution is -2.47. The second-order valence-corrected chi connectivity index (χ2v) is 9.80. The number of pyridine rings is 1. The van der Waals surface area contributed by atoms with Gasteiger partial charge in [-0.1, -0.05) is 30.3 Å². The molecule has 0 spiro atoms. The molecule has 2 aliphatic heterocycles. The summed E-state index contributed by atoms with van der Waals surface area (Å²) in [6.45, 7) is 9.22. The van der Waals surface area contributed by atoms with Gasteiger partial charge in [-0.15, -0.1) is 0 Å². The molecule has 0 saturated carbocycles. The summed E-state index contributed by atoms with van der Waals surface area (Å²) in [4.78, 5) is 10.3. The van der Waals surface area contributed by atoms with Crippen LogP contribution >= 0.6 is 0 Å². The third-order valence-corrected chi connectivity index (χ3v) is 7.61. The summed E-state index contributed by atoms with van der Waals surface area (Å²) in [6, 6.07) is 14.3. The van der Waals surface area contributed by atoms with Crippen molar-refractivity contribution in [1.29, 1.82) is 0 Å². The molecule has 3 heterocycles. The number of benzene rings is 1. The zero-order valence-corrected chi connectivity index (χ0v) is 19.4. The van der Waals surface area contributed by atoms with E-state index in [4.69, 9.17) is 4.98 Å². The van der Waals surface area contributed by atoms with Crippen molar-refractivity contribution in [2.24, 2.45) is 0 Å². The van der Waals surface area contributed by atoms with Gasteiger partial charge in [0.25, 0.3) is 0 Å². The molecule has 0 unspecified atom stereocenters. The molecule has 3 aliphatic rings. The minimum absolute atomic E-state index is 0.470. The maximum absolute atomic E-state index is 4.88. The maximum atomic E-state index is 4.88. The van der Waals surface area contributed by atoms with E-state index >= 15 is 0 Å². The van der Waals surface area contributed by atoms with E-state index in [2.05, 4.69) is 56.8 Å². The third kappa shape index (κ3) is 5.40. The average Bonchev–Trinajstić information content (AvgIpc) is 2.86. The summed E-state index contributed by atoms with van der Waals surface area (Å²) in [7, 11) is 0. The lowest BCUT2D eigenvalue weighted by molar-refractivity contribution is 0.147. The highest BCUT2D eigenvalue weighted by atomic mass is 15.2. The van der Waals surface area contributed by atoms with Crippen molar-refractivity contribution < 1.29 is 0 Å². The van der Waals surface area contributed by atoms with Gasteiger partial charge in [0.1, 0.15) is 0 Å². The summed E-state index contributed by atoms with van der Waals surface area (Å²) in [5.41, 5.74) is 5.81. The first kappa shape index (κ1) is 22.0. The van der Waals surface area contributed by atoms with E-state index in [-0.39, 0.29) is 0 Å². The number of hydrogen-bond acceptors (Lipinski definition) is 5. The van der Waals surface area contributed by atoms with Crippen LogP contribution in [0.5, 0.6) is 0 Å². The Morgan fingerprint density at radius 2 is 1.84 bits per heavy atom. The summed E-state index contributed by atoms with van der Waals surface area (Å²) >= 11 is 0. The van der Waals surface area contributed by atoms with Crippen molar-refractivity contribution in [3.63, 3.8) is 0 Å². The molecule has 0 bridgehead atoms. The Bertz CT molecular complexity index is 863. The predicted octanol–water partition coefficient (Wildman–Crippen LogP) is 3.16. The van der Waals surface area contributed by atoms with Crippen LogP contribution in [0, 0.1) is 0 Å². The van der Waals surface area contributed by atoms with Gasteiger partial charge in [-0.2, -0.15) is 0 Å². The minimum atomic E-state index is 0.470. The maximum Gasteiger partial charge on any atom is 0.0607 e. The van der Waals surface area contributed by atoms with Crippen molar-refractivity contribution in [3.05, 3.63) is 65.0 Å². The monoisotopic (exact) mass is 433 g/mol. The number of rotatable bonds is 8. The average molecular weight is 434 g/mol. The minimum Gasteiger partial charge on any atom is -0.314 e. The fourth-order valence-electron chi connectivity index (χ4n) is 5.83. The van der Waals surface area contributed by atoms with E-state index in [1.54, 1.807) is 0 Å². The molecule has 1 aliphatic carbocycles. The van der Waals surface area contributed by atoms with Gasteiger partial charge in [0.15, 0.2) is 0 Å². The Hall–Kier alpha value is -1.79. The second-order valence-electron chi connectivity index (χ2n) is 9.80. The van der Waals surface area contributed by atoms with E-state index in [9.17, 15) is 0 Å². The Labute approximate surface area is 193 Å². The Kier molecular flexibility index (Phi) is 7.49. The number of unbranched alkanes of at least 4 members (excludes halogenated alkanes) is 1. The highest BCUT2D eigenvalue weighted by molar-refractivity contribution is 5.30. The third-order valence-electron chi connectivity index (χ3n) is 7.61. The summed E-state index contributed by atoms with van der Waals surface area (Å²) in [5, 5.41) is 7.30. The van der Waals surface area contributed by atoms with Crippen LogP contribution < -0.4 is 10.6 Å². The van der Waals surface area contributed by atoms with Crippen LogP contribution in [-0.4, -0.2) is 66.6 Å². The quantitative estimate of drug-likeness (QED) is 0.626. The van der Waals surface area contributed by atoms with E-state index in [0.717, 1.165) is 32.6 Å².